The molecule has 0 bridgehead atoms. The molecule has 2 fully saturated rings. The zero-order valence-electron chi connectivity index (χ0n) is 13.3. The molecule has 5 heteroatoms. The van der Waals surface area contributed by atoms with E-state index in [0.29, 0.717) is 18.2 Å². The van der Waals surface area contributed by atoms with E-state index in [0.717, 1.165) is 25.5 Å². The number of rotatable bonds is 6. The summed E-state index contributed by atoms with van der Waals surface area (Å²) in [6.07, 6.45) is 9.56. The van der Waals surface area contributed by atoms with Crippen LogP contribution >= 0.6 is 0 Å². The number of aryl methyl sites for hydroxylation is 1. The third-order valence-electron chi connectivity index (χ3n) is 5.14. The fourth-order valence-electron chi connectivity index (χ4n) is 3.87. The minimum Gasteiger partial charge on any atom is -0.380 e. The Kier molecular flexibility index (Phi) is 4.93. The van der Waals surface area contributed by atoms with Crippen molar-refractivity contribution in [3.05, 3.63) is 18.2 Å². The molecule has 1 aromatic rings. The Morgan fingerprint density at radius 1 is 1.38 bits per heavy atom. The van der Waals surface area contributed by atoms with Crippen molar-refractivity contribution in [1.29, 1.82) is 0 Å². The predicted molar refractivity (Wildman–Crippen MR) is 83.4 cm³/mol. The highest BCUT2D eigenvalue weighted by molar-refractivity contribution is 4.94. The summed E-state index contributed by atoms with van der Waals surface area (Å²) in [5, 5.41) is 3.78. The monoisotopic (exact) mass is 292 g/mol. The molecule has 1 saturated heterocycles. The quantitative estimate of drug-likeness (QED) is 0.861. The Balaban J connectivity index is 1.47. The van der Waals surface area contributed by atoms with Gasteiger partial charge in [0.05, 0.1) is 6.10 Å². The molecule has 3 atom stereocenters. The zero-order chi connectivity index (χ0) is 14.7. The van der Waals surface area contributed by atoms with Gasteiger partial charge in [0.2, 0.25) is 0 Å². The molecule has 3 rings (SSSR count). The molecule has 0 radical (unpaired) electrons. The molecule has 1 unspecified atom stereocenters. The average molecular weight is 292 g/mol. The fourth-order valence-corrected chi connectivity index (χ4v) is 3.87. The SMILES string of the molecule is COC1CCN([C@H]2CCC[C@H]2NCCn2ccnc2C)C1. The maximum Gasteiger partial charge on any atom is 0.105 e. The first-order valence-corrected chi connectivity index (χ1v) is 8.26. The first kappa shape index (κ1) is 15.0. The van der Waals surface area contributed by atoms with Gasteiger partial charge in [-0.25, -0.2) is 4.98 Å². The highest BCUT2D eigenvalue weighted by Gasteiger charge is 2.35. The van der Waals surface area contributed by atoms with Crippen LogP contribution in [0.1, 0.15) is 31.5 Å². The molecule has 2 heterocycles. The standard InChI is InChI=1S/C16H28N4O/c1-13-17-7-10-19(13)11-8-18-15-4-3-5-16(15)20-9-6-14(12-20)21-2/h7,10,14-16,18H,3-6,8-9,11-12H2,1-2H3/t14?,15-,16+/m1/s1. The predicted octanol–water partition coefficient (Wildman–Crippen LogP) is 1.42. The van der Waals surface area contributed by atoms with Crippen molar-refractivity contribution in [2.24, 2.45) is 0 Å². The molecule has 1 saturated carbocycles. The normalized spacial score (nSPS) is 30.3. The number of aromatic nitrogens is 2. The topological polar surface area (TPSA) is 42.3 Å². The highest BCUT2D eigenvalue weighted by atomic mass is 16.5. The van der Waals surface area contributed by atoms with Crippen molar-refractivity contribution in [2.45, 2.75) is 57.3 Å². The number of nitrogens with one attached hydrogen (secondary N) is 1. The van der Waals surface area contributed by atoms with Crippen LogP contribution in [-0.4, -0.2) is 59.4 Å². The van der Waals surface area contributed by atoms with E-state index in [1.165, 1.54) is 32.2 Å². The summed E-state index contributed by atoms with van der Waals surface area (Å²) in [6, 6.07) is 1.35. The van der Waals surface area contributed by atoms with Gasteiger partial charge in [0, 0.05) is 57.8 Å². The second kappa shape index (κ2) is 6.90. The van der Waals surface area contributed by atoms with Gasteiger partial charge in [-0.15, -0.1) is 0 Å². The lowest BCUT2D eigenvalue weighted by Gasteiger charge is -2.30. The van der Waals surface area contributed by atoms with E-state index in [9.17, 15) is 0 Å². The third-order valence-corrected chi connectivity index (χ3v) is 5.14. The van der Waals surface area contributed by atoms with E-state index < -0.39 is 0 Å². The van der Waals surface area contributed by atoms with Crippen molar-refractivity contribution in [2.75, 3.05) is 26.7 Å². The third kappa shape index (κ3) is 3.47. The number of hydrogen-bond donors (Lipinski definition) is 1. The molecule has 0 spiro atoms. The van der Waals surface area contributed by atoms with Gasteiger partial charge in [-0.05, 0) is 26.2 Å². The number of imidazole rings is 1. The average Bonchev–Trinajstić information content (AvgIpc) is 3.20. The molecule has 0 aromatic carbocycles. The molecule has 2 aliphatic rings. The molecule has 21 heavy (non-hydrogen) atoms. The Morgan fingerprint density at radius 2 is 2.29 bits per heavy atom. The molecule has 118 valence electrons. The Labute approximate surface area is 127 Å². The number of hydrogen-bond acceptors (Lipinski definition) is 4. The Hall–Kier alpha value is -0.910. The lowest BCUT2D eigenvalue weighted by molar-refractivity contribution is 0.0980. The lowest BCUT2D eigenvalue weighted by Crippen LogP contribution is -2.47. The number of methoxy groups -OCH3 is 1. The van der Waals surface area contributed by atoms with Crippen LogP contribution in [0.15, 0.2) is 12.4 Å². The van der Waals surface area contributed by atoms with Crippen LogP contribution < -0.4 is 5.32 Å². The van der Waals surface area contributed by atoms with Gasteiger partial charge in [-0.2, -0.15) is 0 Å². The second-order valence-electron chi connectivity index (χ2n) is 6.37. The van der Waals surface area contributed by atoms with Crippen LogP contribution in [0.5, 0.6) is 0 Å². The van der Waals surface area contributed by atoms with Crippen molar-refractivity contribution in [3.8, 4) is 0 Å². The van der Waals surface area contributed by atoms with Crippen LogP contribution in [0.3, 0.4) is 0 Å². The summed E-state index contributed by atoms with van der Waals surface area (Å²) in [6.45, 7) is 6.41. The number of ether oxygens (including phenoxy) is 1. The summed E-state index contributed by atoms with van der Waals surface area (Å²) in [5.74, 6) is 1.10. The van der Waals surface area contributed by atoms with Crippen molar-refractivity contribution in [3.63, 3.8) is 0 Å². The van der Waals surface area contributed by atoms with Gasteiger partial charge < -0.3 is 14.6 Å². The zero-order valence-corrected chi connectivity index (χ0v) is 13.3. The van der Waals surface area contributed by atoms with E-state index in [1.807, 2.05) is 13.3 Å². The van der Waals surface area contributed by atoms with Gasteiger partial charge in [-0.3, -0.25) is 4.90 Å². The van der Waals surface area contributed by atoms with Crippen molar-refractivity contribution >= 4 is 0 Å². The molecule has 1 aliphatic heterocycles. The minimum absolute atomic E-state index is 0.444. The van der Waals surface area contributed by atoms with Crippen molar-refractivity contribution in [1.82, 2.24) is 19.8 Å². The molecule has 1 aromatic heterocycles. The first-order valence-electron chi connectivity index (χ1n) is 8.26. The van der Waals surface area contributed by atoms with Crippen LogP contribution in [0.25, 0.3) is 0 Å². The largest absolute Gasteiger partial charge is 0.380 e. The van der Waals surface area contributed by atoms with Gasteiger partial charge in [0.15, 0.2) is 0 Å². The van der Waals surface area contributed by atoms with Gasteiger partial charge in [0.25, 0.3) is 0 Å². The van der Waals surface area contributed by atoms with Crippen LogP contribution in [0.2, 0.25) is 0 Å². The Morgan fingerprint density at radius 3 is 3.00 bits per heavy atom. The minimum atomic E-state index is 0.444. The van der Waals surface area contributed by atoms with Gasteiger partial charge in [0.1, 0.15) is 5.82 Å². The smallest absolute Gasteiger partial charge is 0.105 e. The maximum atomic E-state index is 5.51. The summed E-state index contributed by atoms with van der Waals surface area (Å²) in [7, 11) is 1.84. The molecular formula is C16H28N4O. The lowest BCUT2D eigenvalue weighted by atomic mass is 10.1. The first-order chi connectivity index (χ1) is 10.3. The van der Waals surface area contributed by atoms with E-state index >= 15 is 0 Å². The summed E-state index contributed by atoms with van der Waals surface area (Å²) in [5.41, 5.74) is 0. The number of likely N-dealkylation sites (tertiary alicyclic amines) is 1. The van der Waals surface area contributed by atoms with E-state index in [1.54, 1.807) is 0 Å². The van der Waals surface area contributed by atoms with E-state index in [2.05, 4.69) is 32.9 Å². The molecule has 1 N–H and O–H groups in total. The second-order valence-corrected chi connectivity index (χ2v) is 6.37. The van der Waals surface area contributed by atoms with Crippen LogP contribution in [-0.2, 0) is 11.3 Å². The molecule has 0 amide bonds. The van der Waals surface area contributed by atoms with Gasteiger partial charge >= 0.3 is 0 Å². The highest BCUT2D eigenvalue weighted by Crippen LogP contribution is 2.27. The number of nitrogens with zero attached hydrogens (tertiary/aromatic N) is 3. The summed E-state index contributed by atoms with van der Waals surface area (Å²) >= 11 is 0. The van der Waals surface area contributed by atoms with Crippen LogP contribution in [0, 0.1) is 6.92 Å². The van der Waals surface area contributed by atoms with Crippen LogP contribution in [0.4, 0.5) is 0 Å². The van der Waals surface area contributed by atoms with E-state index in [4.69, 9.17) is 4.74 Å². The molecule has 5 nitrogen and oxygen atoms in total. The summed E-state index contributed by atoms with van der Waals surface area (Å²) in [4.78, 5) is 6.92. The summed E-state index contributed by atoms with van der Waals surface area (Å²) < 4.78 is 7.72. The fraction of sp³-hybridized carbons (Fsp3) is 0.812. The van der Waals surface area contributed by atoms with Gasteiger partial charge in [-0.1, -0.05) is 6.42 Å². The van der Waals surface area contributed by atoms with E-state index in [-0.39, 0.29) is 0 Å². The molecular weight excluding hydrogens is 264 g/mol. The maximum absolute atomic E-state index is 5.51. The molecule has 1 aliphatic carbocycles. The van der Waals surface area contributed by atoms with Crippen molar-refractivity contribution < 1.29 is 4.74 Å². The Bertz CT molecular complexity index is 447.